The van der Waals surface area contributed by atoms with Crippen LogP contribution in [0.15, 0.2) is 36.5 Å². The Bertz CT molecular complexity index is 482. The largest absolute Gasteiger partial charge is 0.383 e. The zero-order chi connectivity index (χ0) is 12.3. The lowest BCUT2D eigenvalue weighted by atomic mass is 9.89. The third-order valence-corrected chi connectivity index (χ3v) is 2.77. The Morgan fingerprint density at radius 1 is 1.35 bits per heavy atom. The van der Waals surface area contributed by atoms with E-state index in [1.54, 1.807) is 17.9 Å². The molecule has 0 saturated heterocycles. The van der Waals surface area contributed by atoms with E-state index in [1.165, 1.54) is 0 Å². The molecule has 0 aliphatic rings. The highest BCUT2D eigenvalue weighted by molar-refractivity contribution is 5.24. The van der Waals surface area contributed by atoms with Crippen LogP contribution in [0.5, 0.6) is 0 Å². The second-order valence-corrected chi connectivity index (χ2v) is 4.16. The zero-order valence-electron chi connectivity index (χ0n) is 9.74. The number of nitrogens with zero attached hydrogens (tertiary/aromatic N) is 3. The van der Waals surface area contributed by atoms with E-state index in [0.29, 0.717) is 6.42 Å². The van der Waals surface area contributed by atoms with Crippen molar-refractivity contribution in [2.24, 2.45) is 12.8 Å². The molecule has 0 aliphatic heterocycles. The van der Waals surface area contributed by atoms with E-state index < -0.39 is 5.60 Å². The minimum absolute atomic E-state index is 0.146. The number of benzene rings is 1. The highest BCUT2D eigenvalue weighted by Gasteiger charge is 2.28. The standard InChI is InChI=1S/C12H16N4O/c1-16-8-11(14-15-16)7-12(17,9-13)10-5-3-2-4-6-10/h2-6,8,17H,7,9,13H2,1H3. The fraction of sp³-hybridized carbons (Fsp3) is 0.333. The van der Waals surface area contributed by atoms with Crippen LogP contribution in [0.3, 0.4) is 0 Å². The van der Waals surface area contributed by atoms with Gasteiger partial charge in [0.2, 0.25) is 0 Å². The normalized spacial score (nSPS) is 14.5. The van der Waals surface area contributed by atoms with Gasteiger partial charge in [-0.2, -0.15) is 0 Å². The van der Waals surface area contributed by atoms with Crippen LogP contribution in [0, 0.1) is 0 Å². The van der Waals surface area contributed by atoms with Gasteiger partial charge in [-0.3, -0.25) is 4.68 Å². The smallest absolute Gasteiger partial charge is 0.107 e. The molecule has 1 atom stereocenters. The summed E-state index contributed by atoms with van der Waals surface area (Å²) in [5.41, 5.74) is 6.13. The summed E-state index contributed by atoms with van der Waals surface area (Å²) in [6, 6.07) is 9.40. The second kappa shape index (κ2) is 4.65. The van der Waals surface area contributed by atoms with Crippen molar-refractivity contribution in [1.82, 2.24) is 15.0 Å². The molecule has 1 aromatic carbocycles. The van der Waals surface area contributed by atoms with E-state index in [1.807, 2.05) is 30.3 Å². The Labute approximate surface area is 99.9 Å². The van der Waals surface area contributed by atoms with Gasteiger partial charge in [-0.15, -0.1) is 5.10 Å². The van der Waals surface area contributed by atoms with Gasteiger partial charge in [0.25, 0.3) is 0 Å². The molecule has 3 N–H and O–H groups in total. The Morgan fingerprint density at radius 3 is 2.59 bits per heavy atom. The average molecular weight is 232 g/mol. The van der Waals surface area contributed by atoms with Gasteiger partial charge in [-0.25, -0.2) is 0 Å². The van der Waals surface area contributed by atoms with E-state index in [4.69, 9.17) is 5.73 Å². The molecule has 1 aromatic heterocycles. The minimum Gasteiger partial charge on any atom is -0.383 e. The van der Waals surface area contributed by atoms with Crippen LogP contribution in [0.1, 0.15) is 11.3 Å². The number of aliphatic hydroxyl groups is 1. The van der Waals surface area contributed by atoms with Crippen LogP contribution in [-0.2, 0) is 19.1 Å². The first-order valence-electron chi connectivity index (χ1n) is 5.47. The number of hydrogen-bond acceptors (Lipinski definition) is 4. The molecule has 0 radical (unpaired) electrons. The molecule has 0 spiro atoms. The summed E-state index contributed by atoms with van der Waals surface area (Å²) < 4.78 is 1.61. The maximum absolute atomic E-state index is 10.6. The maximum atomic E-state index is 10.6. The summed E-state index contributed by atoms with van der Waals surface area (Å²) in [6.07, 6.45) is 2.14. The molecule has 1 unspecified atom stereocenters. The summed E-state index contributed by atoms with van der Waals surface area (Å²) >= 11 is 0. The molecule has 0 saturated carbocycles. The molecule has 0 amide bonds. The van der Waals surface area contributed by atoms with E-state index in [-0.39, 0.29) is 6.54 Å². The van der Waals surface area contributed by atoms with Crippen molar-refractivity contribution < 1.29 is 5.11 Å². The summed E-state index contributed by atoms with van der Waals surface area (Å²) in [6.45, 7) is 0.146. The van der Waals surface area contributed by atoms with Gasteiger partial charge in [-0.1, -0.05) is 35.5 Å². The molecule has 0 fully saturated rings. The molecule has 1 heterocycles. The van der Waals surface area contributed by atoms with Crippen LogP contribution >= 0.6 is 0 Å². The van der Waals surface area contributed by atoms with Crippen LogP contribution < -0.4 is 5.73 Å². The molecule has 5 heteroatoms. The molecule has 2 rings (SSSR count). The summed E-state index contributed by atoms with van der Waals surface area (Å²) in [7, 11) is 1.79. The molecule has 0 bridgehead atoms. The van der Waals surface area contributed by atoms with Gasteiger partial charge in [-0.05, 0) is 5.56 Å². The fourth-order valence-corrected chi connectivity index (χ4v) is 1.82. The van der Waals surface area contributed by atoms with Crippen LogP contribution in [0.25, 0.3) is 0 Å². The number of hydrogen-bond donors (Lipinski definition) is 2. The SMILES string of the molecule is Cn1cc(CC(O)(CN)c2ccccc2)nn1. The Morgan fingerprint density at radius 2 is 2.06 bits per heavy atom. The first-order valence-corrected chi connectivity index (χ1v) is 5.47. The van der Waals surface area contributed by atoms with Gasteiger partial charge >= 0.3 is 0 Å². The van der Waals surface area contributed by atoms with E-state index in [9.17, 15) is 5.11 Å². The van der Waals surface area contributed by atoms with Gasteiger partial charge in [0, 0.05) is 26.2 Å². The number of rotatable bonds is 4. The van der Waals surface area contributed by atoms with Crippen molar-refractivity contribution in [3.8, 4) is 0 Å². The summed E-state index contributed by atoms with van der Waals surface area (Å²) in [5.74, 6) is 0. The molecular formula is C12H16N4O. The van der Waals surface area contributed by atoms with Crippen molar-refractivity contribution in [1.29, 1.82) is 0 Å². The molecule has 17 heavy (non-hydrogen) atoms. The van der Waals surface area contributed by atoms with E-state index >= 15 is 0 Å². The molecule has 0 aliphatic carbocycles. The van der Waals surface area contributed by atoms with Gasteiger partial charge in [0.15, 0.2) is 0 Å². The lowest BCUT2D eigenvalue weighted by molar-refractivity contribution is 0.0452. The lowest BCUT2D eigenvalue weighted by Gasteiger charge is -2.26. The fourth-order valence-electron chi connectivity index (χ4n) is 1.82. The Balaban J connectivity index is 2.26. The van der Waals surface area contributed by atoms with Crippen molar-refractivity contribution in [2.75, 3.05) is 6.54 Å². The van der Waals surface area contributed by atoms with Gasteiger partial charge in [0.05, 0.1) is 5.69 Å². The first kappa shape index (κ1) is 11.8. The second-order valence-electron chi connectivity index (χ2n) is 4.16. The van der Waals surface area contributed by atoms with Crippen molar-refractivity contribution in [3.63, 3.8) is 0 Å². The van der Waals surface area contributed by atoms with Crippen molar-refractivity contribution in [2.45, 2.75) is 12.0 Å². The maximum Gasteiger partial charge on any atom is 0.107 e. The van der Waals surface area contributed by atoms with Crippen molar-refractivity contribution >= 4 is 0 Å². The van der Waals surface area contributed by atoms with Crippen LogP contribution in [0.2, 0.25) is 0 Å². The third-order valence-electron chi connectivity index (χ3n) is 2.77. The Hall–Kier alpha value is -1.72. The number of nitrogens with two attached hydrogens (primary N) is 1. The van der Waals surface area contributed by atoms with Crippen LogP contribution in [-0.4, -0.2) is 26.6 Å². The average Bonchev–Trinajstić information content (AvgIpc) is 2.75. The highest BCUT2D eigenvalue weighted by atomic mass is 16.3. The summed E-state index contributed by atoms with van der Waals surface area (Å²) in [4.78, 5) is 0. The lowest BCUT2D eigenvalue weighted by Crippen LogP contribution is -2.37. The van der Waals surface area contributed by atoms with E-state index in [2.05, 4.69) is 10.3 Å². The number of aromatic nitrogens is 3. The topological polar surface area (TPSA) is 77.0 Å². The predicted molar refractivity (Wildman–Crippen MR) is 64.1 cm³/mol. The minimum atomic E-state index is -1.09. The van der Waals surface area contributed by atoms with Gasteiger partial charge in [0.1, 0.15) is 5.60 Å². The summed E-state index contributed by atoms with van der Waals surface area (Å²) in [5, 5.41) is 18.4. The molecule has 5 nitrogen and oxygen atoms in total. The predicted octanol–water partition coefficient (Wildman–Crippen LogP) is 0.204. The first-order chi connectivity index (χ1) is 8.14. The van der Waals surface area contributed by atoms with Crippen molar-refractivity contribution in [3.05, 3.63) is 47.8 Å². The molecule has 90 valence electrons. The third kappa shape index (κ3) is 2.51. The molecule has 2 aromatic rings. The van der Waals surface area contributed by atoms with E-state index in [0.717, 1.165) is 11.3 Å². The molecular weight excluding hydrogens is 216 g/mol. The van der Waals surface area contributed by atoms with Gasteiger partial charge < -0.3 is 10.8 Å². The quantitative estimate of drug-likeness (QED) is 0.789. The zero-order valence-corrected chi connectivity index (χ0v) is 9.74. The number of aryl methyl sites for hydroxylation is 1. The highest BCUT2D eigenvalue weighted by Crippen LogP contribution is 2.23. The monoisotopic (exact) mass is 232 g/mol. The Kier molecular flexibility index (Phi) is 3.21. The van der Waals surface area contributed by atoms with Crippen LogP contribution in [0.4, 0.5) is 0 Å².